The summed E-state index contributed by atoms with van der Waals surface area (Å²) in [6, 6.07) is 17.6. The van der Waals surface area contributed by atoms with Crippen molar-refractivity contribution in [3.8, 4) is 0 Å². The summed E-state index contributed by atoms with van der Waals surface area (Å²) in [5.74, 6) is 1.64. The van der Waals surface area contributed by atoms with Crippen molar-refractivity contribution in [2.75, 3.05) is 29.1 Å². The van der Waals surface area contributed by atoms with Gasteiger partial charge in [0.15, 0.2) is 5.13 Å². The number of carbonyl (C=O) groups excluding carboxylic acids is 2. The number of nitrogens with zero attached hydrogens (tertiary/aromatic N) is 4. The van der Waals surface area contributed by atoms with Crippen LogP contribution in [0.3, 0.4) is 0 Å². The van der Waals surface area contributed by atoms with Crippen molar-refractivity contribution in [3.63, 3.8) is 0 Å². The highest BCUT2D eigenvalue weighted by atomic mass is 32.2. The minimum absolute atomic E-state index is 0.189. The number of carbonyl (C=O) groups is 2. The fraction of sp³-hybridized carbons (Fsp3) is 0.395. The van der Waals surface area contributed by atoms with E-state index in [2.05, 4.69) is 32.9 Å². The lowest BCUT2D eigenvalue weighted by atomic mass is 9.89. The number of hydrogen-bond acceptors (Lipinski definition) is 9. The van der Waals surface area contributed by atoms with E-state index in [0.717, 1.165) is 64.2 Å². The highest BCUT2D eigenvalue weighted by molar-refractivity contribution is 7.97. The zero-order valence-electron chi connectivity index (χ0n) is 28.3. The Bertz CT molecular complexity index is 1830. The number of benzene rings is 2. The normalized spacial score (nSPS) is 15.7. The van der Waals surface area contributed by atoms with E-state index < -0.39 is 0 Å². The molecule has 1 aliphatic carbocycles. The first-order valence-corrected chi connectivity index (χ1v) is 19.1. The molecule has 0 unspecified atom stereocenters. The summed E-state index contributed by atoms with van der Waals surface area (Å²) in [7, 11) is 0. The van der Waals surface area contributed by atoms with Gasteiger partial charge in [0.1, 0.15) is 11.5 Å². The third-order valence-corrected chi connectivity index (χ3v) is 11.1. The average Bonchev–Trinajstić information content (AvgIpc) is 3.55. The molecule has 49 heavy (non-hydrogen) atoms. The Kier molecular flexibility index (Phi) is 11.6. The Balaban J connectivity index is 1.26. The van der Waals surface area contributed by atoms with Crippen LogP contribution in [-0.4, -0.2) is 46.3 Å². The topological polar surface area (TPSA) is 126 Å². The number of amides is 2. The lowest BCUT2D eigenvalue weighted by Gasteiger charge is -2.31. The number of fused-ring (bicyclic) bond motifs is 2. The number of unbranched alkanes of at least 4 members (excludes halogenated alkanes) is 1. The van der Waals surface area contributed by atoms with Gasteiger partial charge in [0.2, 0.25) is 0 Å². The average molecular weight is 696 g/mol. The summed E-state index contributed by atoms with van der Waals surface area (Å²) in [4.78, 5) is 44.0. The van der Waals surface area contributed by atoms with Crippen molar-refractivity contribution in [2.45, 2.75) is 71.8 Å². The third-order valence-electron chi connectivity index (χ3n) is 9.37. The van der Waals surface area contributed by atoms with E-state index in [1.165, 1.54) is 55.4 Å². The second-order valence-electron chi connectivity index (χ2n) is 12.8. The molecule has 0 spiro atoms. The van der Waals surface area contributed by atoms with Gasteiger partial charge in [-0.05, 0) is 80.0 Å². The Morgan fingerprint density at radius 1 is 1.04 bits per heavy atom. The van der Waals surface area contributed by atoms with Gasteiger partial charge in [-0.3, -0.25) is 24.6 Å². The van der Waals surface area contributed by atoms with Crippen LogP contribution in [0.15, 0.2) is 65.8 Å². The van der Waals surface area contributed by atoms with Crippen molar-refractivity contribution in [1.82, 2.24) is 14.7 Å². The van der Waals surface area contributed by atoms with Gasteiger partial charge in [-0.2, -0.15) is 0 Å². The van der Waals surface area contributed by atoms with Crippen LogP contribution in [0, 0.1) is 5.92 Å². The van der Waals surface area contributed by atoms with Gasteiger partial charge < -0.3 is 10.6 Å². The SMILES string of the molecule is CCCCSNC(=O)c1nc(N2CCc3cccc(C(=O)Nc4nc5ccccc5s4)c3C2)ccc1/C(=C/N)C(C)=NCC1CCCCC1. The Morgan fingerprint density at radius 3 is 2.67 bits per heavy atom. The molecule has 3 heterocycles. The molecule has 0 radical (unpaired) electrons. The van der Waals surface area contributed by atoms with E-state index in [0.29, 0.717) is 46.8 Å². The van der Waals surface area contributed by atoms with Crippen molar-refractivity contribution in [2.24, 2.45) is 16.6 Å². The number of allylic oxidation sites excluding steroid dienone is 1. The number of thiazole rings is 1. The van der Waals surface area contributed by atoms with E-state index in [1.54, 1.807) is 6.20 Å². The number of hydrogen-bond donors (Lipinski definition) is 3. The molecule has 256 valence electrons. The molecule has 1 saturated carbocycles. The van der Waals surface area contributed by atoms with E-state index in [1.807, 2.05) is 55.5 Å². The van der Waals surface area contributed by atoms with Crippen molar-refractivity contribution in [1.29, 1.82) is 0 Å². The quantitative estimate of drug-likeness (QED) is 0.0779. The van der Waals surface area contributed by atoms with Crippen LogP contribution in [0.1, 0.15) is 96.3 Å². The van der Waals surface area contributed by atoms with E-state index in [-0.39, 0.29) is 11.8 Å². The molecule has 1 fully saturated rings. The number of para-hydroxylation sites is 1. The van der Waals surface area contributed by atoms with Crippen LogP contribution in [0.4, 0.5) is 10.9 Å². The highest BCUT2D eigenvalue weighted by Crippen LogP contribution is 2.31. The summed E-state index contributed by atoms with van der Waals surface area (Å²) in [5, 5.41) is 3.59. The number of nitrogens with two attached hydrogens (primary N) is 1. The van der Waals surface area contributed by atoms with Crippen molar-refractivity contribution >= 4 is 67.5 Å². The third kappa shape index (κ3) is 8.33. The lowest BCUT2D eigenvalue weighted by molar-refractivity contribution is 0.0978. The zero-order valence-corrected chi connectivity index (χ0v) is 30.0. The molecule has 2 aliphatic rings. The molecular weight excluding hydrogens is 651 g/mol. The standard InChI is InChI=1S/C38H45N7O2S2/c1-3-4-21-48-44-37(47)35-28(30(22-39)25(2)40-23-26-11-6-5-7-12-26)17-18-34(42-35)45-20-19-27-13-10-14-29(31(27)24-45)36(46)43-38-41-32-15-8-9-16-33(32)49-38/h8-10,13-18,22,26H,3-7,11-12,19-21,23-24,39H2,1-2H3,(H,44,47)(H,41,43,46)/b30-22+,40-25?. The molecule has 11 heteroatoms. The largest absolute Gasteiger partial charge is 0.404 e. The Hall–Kier alpha value is -4.22. The van der Waals surface area contributed by atoms with E-state index in [9.17, 15) is 9.59 Å². The van der Waals surface area contributed by atoms with Crippen LogP contribution < -0.4 is 20.7 Å². The van der Waals surface area contributed by atoms with Crippen molar-refractivity contribution < 1.29 is 9.59 Å². The summed E-state index contributed by atoms with van der Waals surface area (Å²) < 4.78 is 4.03. The van der Waals surface area contributed by atoms with Gasteiger partial charge in [-0.25, -0.2) is 9.97 Å². The van der Waals surface area contributed by atoms with Gasteiger partial charge in [-0.15, -0.1) is 0 Å². The van der Waals surface area contributed by atoms with Gasteiger partial charge in [0, 0.05) is 54.0 Å². The van der Waals surface area contributed by atoms with Crippen LogP contribution in [0.25, 0.3) is 15.8 Å². The summed E-state index contributed by atoms with van der Waals surface area (Å²) in [6.07, 6.45) is 10.6. The van der Waals surface area contributed by atoms with Crippen LogP contribution in [0.2, 0.25) is 0 Å². The van der Waals surface area contributed by atoms with E-state index >= 15 is 0 Å². The first kappa shape index (κ1) is 34.6. The maximum Gasteiger partial charge on any atom is 0.280 e. The summed E-state index contributed by atoms with van der Waals surface area (Å²) in [5.41, 5.74) is 12.3. The maximum atomic E-state index is 13.7. The van der Waals surface area contributed by atoms with Gasteiger partial charge in [0.25, 0.3) is 11.8 Å². The van der Waals surface area contributed by atoms with Crippen LogP contribution in [-0.2, 0) is 13.0 Å². The predicted molar refractivity (Wildman–Crippen MR) is 205 cm³/mol. The molecule has 0 atom stereocenters. The van der Waals surface area contributed by atoms with Gasteiger partial charge in [-0.1, -0.05) is 80.2 Å². The molecule has 4 N–H and O–H groups in total. The number of nitrogens with one attached hydrogen (secondary N) is 2. The molecule has 9 nitrogen and oxygen atoms in total. The Labute approximate surface area is 297 Å². The summed E-state index contributed by atoms with van der Waals surface area (Å²) in [6.45, 7) is 6.06. The fourth-order valence-corrected chi connectivity index (χ4v) is 8.23. The monoisotopic (exact) mass is 695 g/mol. The molecule has 1 aliphatic heterocycles. The Morgan fingerprint density at radius 2 is 1.88 bits per heavy atom. The highest BCUT2D eigenvalue weighted by Gasteiger charge is 2.26. The molecule has 0 saturated heterocycles. The van der Waals surface area contributed by atoms with E-state index in [4.69, 9.17) is 15.7 Å². The summed E-state index contributed by atoms with van der Waals surface area (Å²) >= 11 is 2.86. The molecule has 6 rings (SSSR count). The first-order chi connectivity index (χ1) is 23.9. The van der Waals surface area contributed by atoms with Crippen LogP contribution in [0.5, 0.6) is 0 Å². The molecule has 2 aromatic carbocycles. The zero-order chi connectivity index (χ0) is 34.2. The molecule has 2 amide bonds. The minimum Gasteiger partial charge on any atom is -0.404 e. The second-order valence-corrected chi connectivity index (χ2v) is 14.7. The number of aromatic nitrogens is 2. The fourth-order valence-electron chi connectivity index (χ4n) is 6.60. The number of rotatable bonds is 12. The number of anilines is 2. The predicted octanol–water partition coefficient (Wildman–Crippen LogP) is 8.03. The molecule has 2 aromatic heterocycles. The molecule has 0 bridgehead atoms. The number of pyridine rings is 1. The van der Waals surface area contributed by atoms with Crippen molar-refractivity contribution in [3.05, 3.63) is 88.7 Å². The van der Waals surface area contributed by atoms with Gasteiger partial charge in [0.05, 0.1) is 10.2 Å². The number of aliphatic imine (C=N–C) groups is 1. The molecule has 4 aromatic rings. The van der Waals surface area contributed by atoms with Crippen LogP contribution >= 0.6 is 23.3 Å². The van der Waals surface area contributed by atoms with Gasteiger partial charge >= 0.3 is 0 Å². The first-order valence-electron chi connectivity index (χ1n) is 17.3. The minimum atomic E-state index is -0.259. The smallest absolute Gasteiger partial charge is 0.280 e. The second kappa shape index (κ2) is 16.5. The maximum absolute atomic E-state index is 13.7. The molecular formula is C38H45N7O2S2. The lowest BCUT2D eigenvalue weighted by Crippen LogP contribution is -2.33.